The molecule has 2 aromatic heterocycles. The summed E-state index contributed by atoms with van der Waals surface area (Å²) in [7, 11) is 6.18. The number of nitrogens with zero attached hydrogens (tertiary/aromatic N) is 7. The Balaban J connectivity index is 1.05. The van der Waals surface area contributed by atoms with E-state index in [4.69, 9.17) is 33.2 Å². The normalized spacial score (nSPS) is 33.5. The van der Waals surface area contributed by atoms with Crippen molar-refractivity contribution in [3.63, 3.8) is 0 Å². The summed E-state index contributed by atoms with van der Waals surface area (Å²) in [5.74, 6) is -5.90. The number of cyclic esters (lactones) is 1. The molecule has 2 amide bonds. The number of hydrogen-bond donors (Lipinski definition) is 3. The van der Waals surface area contributed by atoms with Gasteiger partial charge in [-0.25, -0.2) is 29.5 Å². The van der Waals surface area contributed by atoms with Crippen LogP contribution >= 0.6 is 0 Å². The summed E-state index contributed by atoms with van der Waals surface area (Å²) in [5.41, 5.74) is 3.11. The maximum atomic E-state index is 14.9. The third-order valence-electron chi connectivity index (χ3n) is 18.9. The molecule has 2 aromatic rings. The van der Waals surface area contributed by atoms with E-state index in [-0.39, 0.29) is 55.4 Å². The van der Waals surface area contributed by atoms with Crippen LogP contribution in [0.25, 0.3) is 0 Å². The van der Waals surface area contributed by atoms with Gasteiger partial charge < -0.3 is 63.4 Å². The molecule has 0 radical (unpaired) electrons. The number of alkyl carbamates (subject to hydrolysis) is 1. The van der Waals surface area contributed by atoms with Gasteiger partial charge in [0.25, 0.3) is 11.7 Å². The smallest absolute Gasteiger partial charge is 0.407 e. The van der Waals surface area contributed by atoms with Crippen LogP contribution in [0.4, 0.5) is 16.7 Å². The van der Waals surface area contributed by atoms with Gasteiger partial charge in [0, 0.05) is 129 Å². The van der Waals surface area contributed by atoms with Crippen LogP contribution in [-0.4, -0.2) is 186 Å². The van der Waals surface area contributed by atoms with Gasteiger partial charge in [-0.05, 0) is 119 Å². The fraction of sp³-hybridized carbons (Fsp3) is 0.687. The molecule has 7 rings (SSSR count). The molecule has 1 aliphatic carbocycles. The lowest BCUT2D eigenvalue weighted by Crippen LogP contribution is -2.61. The summed E-state index contributed by atoms with van der Waals surface area (Å²) in [6.07, 6.45) is 17.9. The number of esters is 1. The second-order valence-electron chi connectivity index (χ2n) is 25.7. The fourth-order valence-corrected chi connectivity index (χ4v) is 13.3. The number of piperidine rings is 1. The number of nitrogens with one attached hydrogen (secondary N) is 1. The Morgan fingerprint density at radius 1 is 0.742 bits per heavy atom. The van der Waals surface area contributed by atoms with Crippen molar-refractivity contribution in [1.29, 1.82) is 0 Å². The van der Waals surface area contributed by atoms with Gasteiger partial charge in [-0.3, -0.25) is 14.4 Å². The van der Waals surface area contributed by atoms with E-state index in [0.29, 0.717) is 100 Å². The minimum Gasteiger partial charge on any atom is -0.460 e. The number of aromatic nitrogens is 4. The van der Waals surface area contributed by atoms with E-state index in [0.717, 1.165) is 24.2 Å². The molecule has 3 N–H and O–H groups in total. The highest BCUT2D eigenvalue weighted by molar-refractivity contribution is 6.39. The highest BCUT2D eigenvalue weighted by Crippen LogP contribution is 2.39. The highest BCUT2D eigenvalue weighted by atomic mass is 16.6. The van der Waals surface area contributed by atoms with Crippen LogP contribution in [0.15, 0.2) is 72.4 Å². The van der Waals surface area contributed by atoms with E-state index < -0.39 is 96.2 Å². The number of anilines is 2. The Hall–Kier alpha value is -6.01. The third-order valence-corrected chi connectivity index (χ3v) is 18.9. The van der Waals surface area contributed by atoms with E-state index in [2.05, 4.69) is 35.1 Å². The van der Waals surface area contributed by atoms with Crippen LogP contribution in [-0.2, 0) is 58.9 Å². The van der Waals surface area contributed by atoms with E-state index in [1.54, 1.807) is 47.6 Å². The fourth-order valence-electron chi connectivity index (χ4n) is 13.3. The molecule has 2 bridgehead atoms. The molecule has 6 heterocycles. The molecular formula is C67H100N8O14. The number of carbonyl (C=O) groups excluding carboxylic acids is 5. The van der Waals surface area contributed by atoms with Gasteiger partial charge in [-0.2, -0.15) is 0 Å². The zero-order valence-electron chi connectivity index (χ0n) is 54.6. The topological polar surface area (TPSA) is 264 Å². The van der Waals surface area contributed by atoms with Gasteiger partial charge in [0.05, 0.1) is 24.4 Å². The van der Waals surface area contributed by atoms with Crippen LogP contribution in [0, 0.1) is 42.4 Å². The summed E-state index contributed by atoms with van der Waals surface area (Å²) >= 11 is 0. The van der Waals surface area contributed by atoms with Crippen molar-refractivity contribution < 1.29 is 67.3 Å². The lowest BCUT2D eigenvalue weighted by Gasteiger charge is -2.43. The van der Waals surface area contributed by atoms with E-state index in [9.17, 15) is 34.2 Å². The molecule has 5 aliphatic rings. The second-order valence-corrected chi connectivity index (χ2v) is 25.7. The maximum absolute atomic E-state index is 14.9. The average Bonchev–Trinajstić information content (AvgIpc) is 3.13. The molecule has 1 saturated carbocycles. The summed E-state index contributed by atoms with van der Waals surface area (Å²) in [4.78, 5) is 94.8. The SMILES string of the molecule is CO[C@H]1C[C@@H]2CC[C@@H](C)[C@@](O)(O2)C(=O)C(=O)N2CCCC[C@H]2C(=O)O[C@H]([C@H](C)C[C@@H]2CC[C@@H](OC(=O)NCc3cnc(N4CCN(c5ncc(C)cn5)CC4)nc3)[C@H](OC)C2)C[C@@H](OC)[C@H](C)/C=C(\C)[C@@H](O)[C@@H](OC)C(=O)[C@H](C)C[C@H](C)/C=C/C=CC=C1C. The molecule has 3 saturated heterocycles. The molecule has 0 spiro atoms. The van der Waals surface area contributed by atoms with Crippen molar-refractivity contribution >= 4 is 41.4 Å². The molecule has 22 nitrogen and oxygen atoms in total. The minimum atomic E-state index is -2.44. The first-order valence-corrected chi connectivity index (χ1v) is 32.1. The lowest BCUT2D eigenvalue weighted by molar-refractivity contribution is -0.265. The zero-order chi connectivity index (χ0) is 64.5. The molecular weight excluding hydrogens is 1140 g/mol. The zero-order valence-corrected chi connectivity index (χ0v) is 54.6. The Labute approximate surface area is 526 Å². The molecule has 89 heavy (non-hydrogen) atoms. The molecule has 0 unspecified atom stereocenters. The number of aliphatic hydroxyl groups is 2. The molecule has 16 atom stereocenters. The van der Waals surface area contributed by atoms with Crippen molar-refractivity contribution in [3.8, 4) is 0 Å². The summed E-state index contributed by atoms with van der Waals surface area (Å²) in [5, 5.41) is 26.8. The van der Waals surface area contributed by atoms with Crippen molar-refractivity contribution in [2.45, 2.75) is 200 Å². The number of carbonyl (C=O) groups is 5. The number of hydrogen-bond acceptors (Lipinski definition) is 20. The predicted molar refractivity (Wildman–Crippen MR) is 335 cm³/mol. The number of fused-ring (bicyclic) bond motifs is 3. The number of methoxy groups -OCH3 is 4. The first-order valence-electron chi connectivity index (χ1n) is 32.1. The van der Waals surface area contributed by atoms with Crippen LogP contribution < -0.4 is 15.1 Å². The summed E-state index contributed by atoms with van der Waals surface area (Å²) in [6, 6.07) is -1.13. The number of ketones is 2. The average molecular weight is 1240 g/mol. The third kappa shape index (κ3) is 18.8. The number of allylic oxidation sites excluding steroid dienone is 5. The Morgan fingerprint density at radius 3 is 2.04 bits per heavy atom. The number of Topliss-reactive ketones (excluding diaryl/α,β-unsaturated/α-hetero) is 2. The highest BCUT2D eigenvalue weighted by Gasteiger charge is 2.53. The monoisotopic (exact) mass is 1240 g/mol. The van der Waals surface area contributed by atoms with Gasteiger partial charge in [0.2, 0.25) is 17.7 Å². The van der Waals surface area contributed by atoms with E-state index >= 15 is 0 Å². The second kappa shape index (κ2) is 33.3. The molecule has 4 fully saturated rings. The molecule has 22 heteroatoms. The Morgan fingerprint density at radius 2 is 1.40 bits per heavy atom. The standard InChI is InChI=1S/C67H100N8O14/c1-41-18-14-13-15-19-43(3)54(83-9)34-51-23-21-48(8)67(82,89-51)61(78)62(79)75-25-17-16-20-52(75)63(80)87-56(35-55(84-10)44(4)31-47(7)59(77)60(86-12)58(76)46(6)30-41)45(5)32-49-22-24-53(57(33-49)85-11)88-66(81)72-40-50-38-70-65(71-39-50)74-28-26-73(27-29-74)64-68-36-42(2)37-69-64/h13-15,18-19,31,36-39,41,44-46,48-49,51-57,59-60,77,82H,16-17,20-30,32-35,40H2,1-12H3,(H,72,81)/b15-13?,18-14+,43-19?,47-31+/t41-,44-,45-,46-,48-,49+,51+,52+,53-,54+,55-,56+,57-,59-,60+,67-/m1/s1. The number of ether oxygens (including phenoxy) is 7. The summed E-state index contributed by atoms with van der Waals surface area (Å²) < 4.78 is 42.6. The minimum absolute atomic E-state index is 0.0203. The Bertz CT molecular complexity index is 2770. The largest absolute Gasteiger partial charge is 0.460 e. The van der Waals surface area contributed by atoms with Crippen molar-refractivity contribution in [2.24, 2.45) is 35.5 Å². The van der Waals surface area contributed by atoms with Crippen LogP contribution in [0.1, 0.15) is 137 Å². The van der Waals surface area contributed by atoms with Gasteiger partial charge in [-0.15, -0.1) is 0 Å². The van der Waals surface area contributed by atoms with Gasteiger partial charge in [-0.1, -0.05) is 71.1 Å². The number of amides is 2. The number of aryl methyl sites for hydroxylation is 1. The van der Waals surface area contributed by atoms with E-state index in [1.165, 1.54) is 12.0 Å². The number of rotatable bonds is 12. The first kappa shape index (κ1) is 70.4. The van der Waals surface area contributed by atoms with Gasteiger partial charge in [0.15, 0.2) is 5.78 Å². The van der Waals surface area contributed by atoms with Gasteiger partial charge >= 0.3 is 12.1 Å². The Kier molecular flexibility index (Phi) is 26.4. The summed E-state index contributed by atoms with van der Waals surface area (Å²) in [6.45, 7) is 18.3. The van der Waals surface area contributed by atoms with Crippen molar-refractivity contribution in [2.75, 3.05) is 71.0 Å². The van der Waals surface area contributed by atoms with Crippen molar-refractivity contribution in [1.82, 2.24) is 30.2 Å². The van der Waals surface area contributed by atoms with Crippen molar-refractivity contribution in [3.05, 3.63) is 83.5 Å². The van der Waals surface area contributed by atoms with Crippen LogP contribution in [0.5, 0.6) is 0 Å². The first-order chi connectivity index (χ1) is 42.6. The molecule has 4 aliphatic heterocycles. The molecule has 492 valence electrons. The van der Waals surface area contributed by atoms with Crippen LogP contribution in [0.2, 0.25) is 0 Å². The maximum Gasteiger partial charge on any atom is 0.407 e. The predicted octanol–water partition coefficient (Wildman–Crippen LogP) is 7.78. The lowest BCUT2D eigenvalue weighted by atomic mass is 9.78. The quantitative estimate of drug-likeness (QED) is 0.104. The van der Waals surface area contributed by atoms with Gasteiger partial charge in [0.1, 0.15) is 30.5 Å². The van der Waals surface area contributed by atoms with Crippen LogP contribution in [0.3, 0.4) is 0 Å². The molecule has 0 aromatic carbocycles. The number of aliphatic hydroxyl groups excluding tert-OH is 1. The number of piperazine rings is 1. The van der Waals surface area contributed by atoms with E-state index in [1.807, 2.05) is 90.4 Å².